The number of carbonyl (C=O) groups is 2. The van der Waals surface area contributed by atoms with E-state index in [1.165, 1.54) is 0 Å². The number of aryl methyl sites for hydroxylation is 1. The van der Waals surface area contributed by atoms with Crippen LogP contribution in [0.4, 0.5) is 0 Å². The lowest BCUT2D eigenvalue weighted by Crippen LogP contribution is -2.07. The summed E-state index contributed by atoms with van der Waals surface area (Å²) in [5.74, 6) is -0.830. The fraction of sp³-hybridized carbons (Fsp3) is 0.273. The molecule has 0 saturated heterocycles. The molecule has 1 N–H and O–H groups in total. The number of carboxylic acids is 1. The summed E-state index contributed by atoms with van der Waals surface area (Å²) in [6, 6.07) is 4.85. The Morgan fingerprint density at radius 2 is 2.07 bits per heavy atom. The van der Waals surface area contributed by atoms with E-state index in [1.54, 1.807) is 32.2 Å². The highest BCUT2D eigenvalue weighted by molar-refractivity contribution is 6.05. The fourth-order valence-corrected chi connectivity index (χ4v) is 1.29. The third-order valence-corrected chi connectivity index (χ3v) is 2.03. The molecule has 0 radical (unpaired) electrons. The van der Waals surface area contributed by atoms with Gasteiger partial charge in [0.15, 0.2) is 5.78 Å². The molecule has 1 aromatic carbocycles. The quantitative estimate of drug-likeness (QED) is 0.603. The average molecular weight is 208 g/mol. The SMILES string of the molecule is COc1ccc(C(=O)CC(=O)O)cc1C. The summed E-state index contributed by atoms with van der Waals surface area (Å²) in [5.41, 5.74) is 1.21. The van der Waals surface area contributed by atoms with Crippen LogP contribution >= 0.6 is 0 Å². The molecule has 80 valence electrons. The lowest BCUT2D eigenvalue weighted by molar-refractivity contribution is -0.135. The van der Waals surface area contributed by atoms with Crippen LogP contribution < -0.4 is 4.74 Å². The molecular formula is C11H12O4. The highest BCUT2D eigenvalue weighted by Gasteiger charge is 2.11. The minimum Gasteiger partial charge on any atom is -0.496 e. The van der Waals surface area contributed by atoms with Crippen LogP contribution in [0.2, 0.25) is 0 Å². The van der Waals surface area contributed by atoms with Crippen molar-refractivity contribution in [2.24, 2.45) is 0 Å². The van der Waals surface area contributed by atoms with Gasteiger partial charge in [-0.2, -0.15) is 0 Å². The second kappa shape index (κ2) is 4.59. The van der Waals surface area contributed by atoms with Crippen molar-refractivity contribution in [1.82, 2.24) is 0 Å². The molecule has 0 bridgehead atoms. The summed E-state index contributed by atoms with van der Waals surface area (Å²) >= 11 is 0. The molecule has 0 atom stereocenters. The number of aliphatic carboxylic acids is 1. The Kier molecular flexibility index (Phi) is 3.44. The lowest BCUT2D eigenvalue weighted by Gasteiger charge is -2.05. The van der Waals surface area contributed by atoms with Crippen LogP contribution in [0.15, 0.2) is 18.2 Å². The van der Waals surface area contributed by atoms with Gasteiger partial charge in [0.2, 0.25) is 0 Å². The van der Waals surface area contributed by atoms with Crippen LogP contribution in [0.3, 0.4) is 0 Å². The Balaban J connectivity index is 2.92. The zero-order valence-electron chi connectivity index (χ0n) is 8.61. The van der Waals surface area contributed by atoms with Crippen molar-refractivity contribution in [3.8, 4) is 5.75 Å². The first-order valence-corrected chi connectivity index (χ1v) is 4.44. The maximum absolute atomic E-state index is 11.4. The van der Waals surface area contributed by atoms with Crippen molar-refractivity contribution in [3.05, 3.63) is 29.3 Å². The smallest absolute Gasteiger partial charge is 0.311 e. The lowest BCUT2D eigenvalue weighted by atomic mass is 10.1. The fourth-order valence-electron chi connectivity index (χ4n) is 1.29. The van der Waals surface area contributed by atoms with Crippen LogP contribution in [-0.4, -0.2) is 24.0 Å². The van der Waals surface area contributed by atoms with Gasteiger partial charge in [0.05, 0.1) is 7.11 Å². The van der Waals surface area contributed by atoms with E-state index in [4.69, 9.17) is 9.84 Å². The number of Topliss-reactive ketones (excluding diaryl/α,β-unsaturated/α-hetero) is 1. The molecule has 0 heterocycles. The standard InChI is InChI=1S/C11H12O4/c1-7-5-8(3-4-10(7)15-2)9(12)6-11(13)14/h3-5H,6H2,1-2H3,(H,13,14). The van der Waals surface area contributed by atoms with Crippen LogP contribution in [0.1, 0.15) is 22.3 Å². The molecule has 0 aliphatic carbocycles. The number of benzene rings is 1. The molecule has 0 saturated carbocycles. The van der Waals surface area contributed by atoms with Gasteiger partial charge in [-0.1, -0.05) is 0 Å². The Hall–Kier alpha value is -1.84. The van der Waals surface area contributed by atoms with Crippen molar-refractivity contribution >= 4 is 11.8 Å². The van der Waals surface area contributed by atoms with Crippen LogP contribution in [0.25, 0.3) is 0 Å². The van der Waals surface area contributed by atoms with E-state index >= 15 is 0 Å². The van der Waals surface area contributed by atoms with Gasteiger partial charge in [-0.3, -0.25) is 9.59 Å². The van der Waals surface area contributed by atoms with Gasteiger partial charge in [-0.15, -0.1) is 0 Å². The molecule has 0 fully saturated rings. The van der Waals surface area contributed by atoms with E-state index in [-0.39, 0.29) is 0 Å². The monoisotopic (exact) mass is 208 g/mol. The molecule has 1 rings (SSSR count). The van der Waals surface area contributed by atoms with Crippen molar-refractivity contribution in [3.63, 3.8) is 0 Å². The summed E-state index contributed by atoms with van der Waals surface area (Å²) in [6.07, 6.45) is -0.480. The van der Waals surface area contributed by atoms with Crippen molar-refractivity contribution in [2.75, 3.05) is 7.11 Å². The summed E-state index contributed by atoms with van der Waals surface area (Å²) < 4.78 is 5.03. The first-order valence-electron chi connectivity index (χ1n) is 4.44. The van der Waals surface area contributed by atoms with Crippen LogP contribution in [-0.2, 0) is 4.79 Å². The normalized spacial score (nSPS) is 9.73. The molecule has 15 heavy (non-hydrogen) atoms. The number of rotatable bonds is 4. The molecule has 4 heteroatoms. The van der Waals surface area contributed by atoms with E-state index in [0.29, 0.717) is 11.3 Å². The molecule has 0 unspecified atom stereocenters. The van der Waals surface area contributed by atoms with Crippen molar-refractivity contribution in [2.45, 2.75) is 13.3 Å². The van der Waals surface area contributed by atoms with E-state index in [0.717, 1.165) is 5.56 Å². The van der Waals surface area contributed by atoms with Gasteiger partial charge < -0.3 is 9.84 Å². The summed E-state index contributed by atoms with van der Waals surface area (Å²) in [5, 5.41) is 8.47. The van der Waals surface area contributed by atoms with E-state index < -0.39 is 18.2 Å². The average Bonchev–Trinajstić information content (AvgIpc) is 2.16. The van der Waals surface area contributed by atoms with Gasteiger partial charge in [-0.25, -0.2) is 0 Å². The number of carboxylic acid groups (broad SMARTS) is 1. The zero-order valence-corrected chi connectivity index (χ0v) is 8.61. The highest BCUT2D eigenvalue weighted by atomic mass is 16.5. The van der Waals surface area contributed by atoms with E-state index in [2.05, 4.69) is 0 Å². The van der Waals surface area contributed by atoms with Gasteiger partial charge in [-0.05, 0) is 30.7 Å². The third kappa shape index (κ3) is 2.80. The van der Waals surface area contributed by atoms with Gasteiger partial charge in [0.25, 0.3) is 0 Å². The summed E-state index contributed by atoms with van der Waals surface area (Å²) in [4.78, 5) is 21.7. The van der Waals surface area contributed by atoms with Gasteiger partial charge >= 0.3 is 5.97 Å². The summed E-state index contributed by atoms with van der Waals surface area (Å²) in [6.45, 7) is 1.80. The first-order chi connectivity index (χ1) is 7.04. The number of ketones is 1. The second-order valence-electron chi connectivity index (χ2n) is 3.18. The number of methoxy groups -OCH3 is 1. The van der Waals surface area contributed by atoms with Crippen molar-refractivity contribution < 1.29 is 19.4 Å². The zero-order chi connectivity index (χ0) is 11.4. The second-order valence-corrected chi connectivity index (χ2v) is 3.18. The van der Waals surface area contributed by atoms with Crippen LogP contribution in [0, 0.1) is 6.92 Å². The molecular weight excluding hydrogens is 196 g/mol. The topological polar surface area (TPSA) is 63.6 Å². The Morgan fingerprint density at radius 3 is 2.53 bits per heavy atom. The van der Waals surface area contributed by atoms with E-state index in [9.17, 15) is 9.59 Å². The number of hydrogen-bond acceptors (Lipinski definition) is 3. The summed E-state index contributed by atoms with van der Waals surface area (Å²) in [7, 11) is 1.54. The Bertz CT molecular complexity index is 396. The molecule has 0 aliphatic heterocycles. The van der Waals surface area contributed by atoms with Gasteiger partial charge in [0.1, 0.15) is 12.2 Å². The molecule has 4 nitrogen and oxygen atoms in total. The molecule has 0 aromatic heterocycles. The first kappa shape index (κ1) is 11.2. The largest absolute Gasteiger partial charge is 0.496 e. The van der Waals surface area contributed by atoms with Crippen LogP contribution in [0.5, 0.6) is 5.75 Å². The maximum atomic E-state index is 11.4. The van der Waals surface area contributed by atoms with Crippen molar-refractivity contribution in [1.29, 1.82) is 0 Å². The number of hydrogen-bond donors (Lipinski definition) is 1. The predicted octanol–water partition coefficient (Wildman–Crippen LogP) is 1.66. The third-order valence-electron chi connectivity index (χ3n) is 2.03. The minimum atomic E-state index is -1.12. The Labute approximate surface area is 87.5 Å². The minimum absolute atomic E-state index is 0.395. The molecule has 0 amide bonds. The highest BCUT2D eigenvalue weighted by Crippen LogP contribution is 2.19. The van der Waals surface area contributed by atoms with Gasteiger partial charge in [0, 0.05) is 5.56 Å². The Morgan fingerprint density at radius 1 is 1.40 bits per heavy atom. The van der Waals surface area contributed by atoms with E-state index in [1.807, 2.05) is 0 Å². The number of carbonyl (C=O) groups excluding carboxylic acids is 1. The predicted molar refractivity (Wildman–Crippen MR) is 54.3 cm³/mol. The molecule has 0 spiro atoms. The number of ether oxygens (including phenoxy) is 1. The molecule has 0 aliphatic rings. The maximum Gasteiger partial charge on any atom is 0.311 e. The molecule has 1 aromatic rings.